The number of hydrogen-bond donors (Lipinski definition) is 3. The summed E-state index contributed by atoms with van der Waals surface area (Å²) in [6.07, 6.45) is 2.24. The van der Waals surface area contributed by atoms with Gasteiger partial charge < -0.3 is 15.5 Å². The van der Waals surface area contributed by atoms with Gasteiger partial charge in [-0.05, 0) is 36.3 Å². The van der Waals surface area contributed by atoms with Crippen molar-refractivity contribution in [1.82, 2.24) is 5.32 Å². The van der Waals surface area contributed by atoms with Gasteiger partial charge in [-0.25, -0.2) is 0 Å². The fourth-order valence-electron chi connectivity index (χ4n) is 2.83. The average Bonchev–Trinajstić information content (AvgIpc) is 2.37. The molecule has 0 fully saturated rings. The van der Waals surface area contributed by atoms with E-state index < -0.39 is 5.60 Å². The molecule has 1 aromatic carbocycles. The lowest BCUT2D eigenvalue weighted by Crippen LogP contribution is -2.46. The minimum atomic E-state index is -1.07. The maximum Gasteiger partial charge on any atom is 0.0973 e. The summed E-state index contributed by atoms with van der Waals surface area (Å²) in [5.74, 6) is 0. The molecular weight excluding hydrogens is 238 g/mol. The average molecular weight is 263 g/mol. The highest BCUT2D eigenvalue weighted by Crippen LogP contribution is 2.43. The van der Waals surface area contributed by atoms with E-state index in [2.05, 4.69) is 43.4 Å². The molecule has 3 heteroatoms. The summed E-state index contributed by atoms with van der Waals surface area (Å²) in [6, 6.07) is 8.72. The molecule has 1 aromatic rings. The predicted octanol–water partition coefficient (Wildman–Crippen LogP) is 2.03. The lowest BCUT2D eigenvalue weighted by molar-refractivity contribution is -0.00361. The van der Waals surface area contributed by atoms with Gasteiger partial charge in [-0.3, -0.25) is 0 Å². The van der Waals surface area contributed by atoms with Crippen LogP contribution in [0.3, 0.4) is 0 Å². The highest BCUT2D eigenvalue weighted by atomic mass is 16.3. The van der Waals surface area contributed by atoms with E-state index >= 15 is 0 Å². The van der Waals surface area contributed by atoms with Crippen molar-refractivity contribution in [2.45, 2.75) is 45.3 Å². The molecule has 3 nitrogen and oxygen atoms in total. The van der Waals surface area contributed by atoms with E-state index in [1.54, 1.807) is 6.92 Å². The van der Waals surface area contributed by atoms with Crippen LogP contribution in [-0.2, 0) is 6.42 Å². The first kappa shape index (κ1) is 14.5. The van der Waals surface area contributed by atoms with Crippen molar-refractivity contribution < 1.29 is 10.2 Å². The van der Waals surface area contributed by atoms with Crippen LogP contribution in [0.25, 0.3) is 0 Å². The van der Waals surface area contributed by atoms with Gasteiger partial charge >= 0.3 is 0 Å². The van der Waals surface area contributed by atoms with Crippen molar-refractivity contribution in [2.75, 3.05) is 13.2 Å². The Kier molecular flexibility index (Phi) is 4.00. The number of aliphatic hydroxyl groups is 2. The monoisotopic (exact) mass is 263 g/mol. The third-order valence-corrected chi connectivity index (χ3v) is 4.21. The first-order chi connectivity index (χ1) is 8.86. The van der Waals surface area contributed by atoms with Crippen LogP contribution in [0.15, 0.2) is 24.3 Å². The predicted molar refractivity (Wildman–Crippen MR) is 77.0 cm³/mol. The van der Waals surface area contributed by atoms with Gasteiger partial charge in [0.2, 0.25) is 0 Å². The molecule has 0 aromatic heterocycles. The molecule has 0 aliphatic heterocycles. The van der Waals surface area contributed by atoms with Crippen LogP contribution < -0.4 is 5.32 Å². The Hall–Kier alpha value is -0.900. The van der Waals surface area contributed by atoms with Crippen molar-refractivity contribution in [3.63, 3.8) is 0 Å². The second-order valence-electron chi connectivity index (χ2n) is 6.66. The van der Waals surface area contributed by atoms with Crippen LogP contribution in [-0.4, -0.2) is 29.0 Å². The number of benzene rings is 1. The summed E-state index contributed by atoms with van der Waals surface area (Å²) < 4.78 is 0. The number of nitrogens with one attached hydrogen (secondary N) is 1. The van der Waals surface area contributed by atoms with E-state index in [4.69, 9.17) is 5.11 Å². The van der Waals surface area contributed by atoms with Crippen LogP contribution in [0.5, 0.6) is 0 Å². The standard InChI is InChI=1S/C16H25NO2/c1-15(2)9-8-12-6-4-5-7-13(12)14(15)17-10-16(3,19)11-18/h4-7,14,17-19H,8-11H2,1-3H3. The molecule has 0 spiro atoms. The van der Waals surface area contributed by atoms with Gasteiger partial charge in [0, 0.05) is 12.6 Å². The number of hydrogen-bond acceptors (Lipinski definition) is 3. The molecule has 2 unspecified atom stereocenters. The van der Waals surface area contributed by atoms with Gasteiger partial charge in [0.25, 0.3) is 0 Å². The summed E-state index contributed by atoms with van der Waals surface area (Å²) in [5.41, 5.74) is 1.80. The molecule has 0 saturated heterocycles. The quantitative estimate of drug-likeness (QED) is 0.779. The van der Waals surface area contributed by atoms with E-state index in [-0.39, 0.29) is 18.1 Å². The van der Waals surface area contributed by atoms with Crippen LogP contribution in [0, 0.1) is 5.41 Å². The minimum absolute atomic E-state index is 0.153. The van der Waals surface area contributed by atoms with Gasteiger partial charge in [-0.15, -0.1) is 0 Å². The van der Waals surface area contributed by atoms with Crippen LogP contribution in [0.2, 0.25) is 0 Å². The second kappa shape index (κ2) is 5.23. The zero-order chi connectivity index (χ0) is 14.1. The molecular formula is C16H25NO2. The summed E-state index contributed by atoms with van der Waals surface area (Å²) in [6.45, 7) is 6.34. The van der Waals surface area contributed by atoms with Crippen molar-refractivity contribution in [3.8, 4) is 0 Å². The second-order valence-corrected chi connectivity index (χ2v) is 6.66. The molecule has 1 aliphatic carbocycles. The van der Waals surface area contributed by atoms with Crippen molar-refractivity contribution in [1.29, 1.82) is 0 Å². The molecule has 0 amide bonds. The van der Waals surface area contributed by atoms with Gasteiger partial charge in [0.1, 0.15) is 0 Å². The Bertz CT molecular complexity index is 440. The molecule has 0 saturated carbocycles. The van der Waals surface area contributed by atoms with E-state index in [9.17, 15) is 5.11 Å². The van der Waals surface area contributed by atoms with Crippen LogP contribution in [0.4, 0.5) is 0 Å². The maximum absolute atomic E-state index is 9.96. The molecule has 0 heterocycles. The van der Waals surface area contributed by atoms with E-state index in [1.165, 1.54) is 11.1 Å². The van der Waals surface area contributed by atoms with Gasteiger partial charge in [-0.1, -0.05) is 38.1 Å². The zero-order valence-corrected chi connectivity index (χ0v) is 12.1. The highest BCUT2D eigenvalue weighted by Gasteiger charge is 2.36. The normalized spacial score (nSPS) is 24.6. The largest absolute Gasteiger partial charge is 0.393 e. The molecule has 1 aliphatic rings. The van der Waals surface area contributed by atoms with E-state index in [0.717, 1.165) is 12.8 Å². The van der Waals surface area contributed by atoms with Gasteiger partial charge in [0.15, 0.2) is 0 Å². The maximum atomic E-state index is 9.96. The number of rotatable bonds is 4. The molecule has 2 rings (SSSR count). The Morgan fingerprint density at radius 1 is 1.37 bits per heavy atom. The Morgan fingerprint density at radius 2 is 2.05 bits per heavy atom. The molecule has 3 N–H and O–H groups in total. The summed E-state index contributed by atoms with van der Waals surface area (Å²) in [4.78, 5) is 0. The first-order valence-electron chi connectivity index (χ1n) is 7.00. The summed E-state index contributed by atoms with van der Waals surface area (Å²) in [5, 5.41) is 22.6. The third kappa shape index (κ3) is 3.16. The molecule has 106 valence electrons. The molecule has 0 radical (unpaired) electrons. The smallest absolute Gasteiger partial charge is 0.0973 e. The first-order valence-corrected chi connectivity index (χ1v) is 7.00. The fourth-order valence-corrected chi connectivity index (χ4v) is 2.83. The number of fused-ring (bicyclic) bond motifs is 1. The Morgan fingerprint density at radius 3 is 2.74 bits per heavy atom. The van der Waals surface area contributed by atoms with E-state index in [0.29, 0.717) is 6.54 Å². The zero-order valence-electron chi connectivity index (χ0n) is 12.1. The molecule has 19 heavy (non-hydrogen) atoms. The highest BCUT2D eigenvalue weighted by molar-refractivity contribution is 5.34. The van der Waals surface area contributed by atoms with Crippen molar-refractivity contribution in [2.24, 2.45) is 5.41 Å². The van der Waals surface area contributed by atoms with Gasteiger partial charge in [-0.2, -0.15) is 0 Å². The summed E-state index contributed by atoms with van der Waals surface area (Å²) >= 11 is 0. The SMILES string of the molecule is CC(O)(CO)CNC1c2ccccc2CCC1(C)C. The lowest BCUT2D eigenvalue weighted by atomic mass is 9.70. The molecule has 0 bridgehead atoms. The van der Waals surface area contributed by atoms with Crippen molar-refractivity contribution in [3.05, 3.63) is 35.4 Å². The topological polar surface area (TPSA) is 52.5 Å². The minimum Gasteiger partial charge on any atom is -0.393 e. The fraction of sp³-hybridized carbons (Fsp3) is 0.625. The lowest BCUT2D eigenvalue weighted by Gasteiger charge is -2.41. The van der Waals surface area contributed by atoms with E-state index in [1.807, 2.05) is 0 Å². The number of aliphatic hydroxyl groups excluding tert-OH is 1. The summed E-state index contributed by atoms with van der Waals surface area (Å²) in [7, 11) is 0. The Balaban J connectivity index is 2.21. The molecule has 2 atom stereocenters. The van der Waals surface area contributed by atoms with Crippen LogP contribution in [0.1, 0.15) is 44.4 Å². The number of aryl methyl sites for hydroxylation is 1. The van der Waals surface area contributed by atoms with Gasteiger partial charge in [0.05, 0.1) is 12.2 Å². The third-order valence-electron chi connectivity index (χ3n) is 4.21. The Labute approximate surface area is 115 Å². The van der Waals surface area contributed by atoms with Crippen molar-refractivity contribution >= 4 is 0 Å². The van der Waals surface area contributed by atoms with Crippen LogP contribution >= 0.6 is 0 Å².